The highest BCUT2D eigenvalue weighted by Gasteiger charge is 2.40. The highest BCUT2D eigenvalue weighted by Crippen LogP contribution is 2.42. The van der Waals surface area contributed by atoms with Crippen molar-refractivity contribution in [1.29, 1.82) is 0 Å². The number of thioether (sulfide) groups is 1. The van der Waals surface area contributed by atoms with E-state index in [2.05, 4.69) is 0 Å². The van der Waals surface area contributed by atoms with Gasteiger partial charge in [-0.2, -0.15) is 0 Å². The maximum Gasteiger partial charge on any atom is 0.310 e. The topological polar surface area (TPSA) is 46.6 Å². The van der Waals surface area contributed by atoms with Crippen LogP contribution in [0.1, 0.15) is 12.5 Å². The smallest absolute Gasteiger partial charge is 0.310 e. The summed E-state index contributed by atoms with van der Waals surface area (Å²) in [6, 6.07) is 11.6. The third kappa shape index (κ3) is 3.57. The van der Waals surface area contributed by atoms with Crippen LogP contribution in [0, 0.1) is 11.7 Å². The first-order chi connectivity index (χ1) is 12.4. The normalized spacial score (nSPS) is 17.6. The summed E-state index contributed by atoms with van der Waals surface area (Å²) < 4.78 is 18.1. The minimum absolute atomic E-state index is 0.194. The van der Waals surface area contributed by atoms with Gasteiger partial charge in [-0.3, -0.25) is 9.59 Å². The molecule has 2 atom stereocenters. The summed E-state index contributed by atoms with van der Waals surface area (Å²) in [6.45, 7) is 1.87. The molecule has 0 fully saturated rings. The van der Waals surface area contributed by atoms with Crippen molar-refractivity contribution in [2.24, 2.45) is 5.92 Å². The van der Waals surface area contributed by atoms with E-state index in [4.69, 9.17) is 16.3 Å². The van der Waals surface area contributed by atoms with Crippen molar-refractivity contribution >= 4 is 40.9 Å². The van der Waals surface area contributed by atoms with E-state index >= 15 is 0 Å². The molecule has 1 amide bonds. The molecule has 136 valence electrons. The maximum absolute atomic E-state index is 13.3. The van der Waals surface area contributed by atoms with Crippen LogP contribution in [0.4, 0.5) is 10.1 Å². The van der Waals surface area contributed by atoms with Gasteiger partial charge in [0.2, 0.25) is 5.91 Å². The molecule has 0 N–H and O–H groups in total. The molecule has 0 saturated heterocycles. The van der Waals surface area contributed by atoms with E-state index in [1.54, 1.807) is 17.9 Å². The van der Waals surface area contributed by atoms with Gasteiger partial charge in [0, 0.05) is 9.92 Å². The largest absolute Gasteiger partial charge is 0.469 e. The number of fused-ring (bicyclic) bond motifs is 1. The fourth-order valence-electron chi connectivity index (χ4n) is 2.85. The van der Waals surface area contributed by atoms with Gasteiger partial charge >= 0.3 is 5.97 Å². The van der Waals surface area contributed by atoms with E-state index in [9.17, 15) is 14.0 Å². The van der Waals surface area contributed by atoms with E-state index in [1.165, 1.54) is 31.0 Å². The zero-order valence-corrected chi connectivity index (χ0v) is 15.8. The van der Waals surface area contributed by atoms with Crippen LogP contribution in [0.15, 0.2) is 47.4 Å². The van der Waals surface area contributed by atoms with Gasteiger partial charge < -0.3 is 9.64 Å². The van der Waals surface area contributed by atoms with E-state index in [-0.39, 0.29) is 17.5 Å². The van der Waals surface area contributed by atoms with Gasteiger partial charge in [0.05, 0.1) is 25.3 Å². The third-order valence-electron chi connectivity index (χ3n) is 4.29. The van der Waals surface area contributed by atoms with Crippen LogP contribution in [0.2, 0.25) is 5.02 Å². The molecule has 0 aromatic heterocycles. The number of benzene rings is 2. The molecule has 0 spiro atoms. The van der Waals surface area contributed by atoms with Crippen molar-refractivity contribution in [1.82, 2.24) is 0 Å². The van der Waals surface area contributed by atoms with Crippen LogP contribution in [0.3, 0.4) is 0 Å². The Morgan fingerprint density at radius 2 is 2.08 bits per heavy atom. The molecule has 0 saturated carbocycles. The molecule has 3 rings (SSSR count). The predicted molar refractivity (Wildman–Crippen MR) is 99.9 cm³/mol. The summed E-state index contributed by atoms with van der Waals surface area (Å²) in [5, 5.41) is -0.345. The number of nitrogens with zero attached hydrogens (tertiary/aromatic N) is 1. The Balaban J connectivity index is 1.98. The lowest BCUT2D eigenvalue weighted by Gasteiger charge is -2.35. The second-order valence-electron chi connectivity index (χ2n) is 5.98. The number of hydrogen-bond acceptors (Lipinski definition) is 4. The van der Waals surface area contributed by atoms with Crippen molar-refractivity contribution in [2.45, 2.75) is 23.6 Å². The molecular weight excluding hydrogens is 377 g/mol. The molecule has 0 bridgehead atoms. The second-order valence-corrected chi connectivity index (χ2v) is 7.57. The highest BCUT2D eigenvalue weighted by atomic mass is 35.5. The number of methoxy groups -OCH3 is 1. The first-order valence-corrected chi connectivity index (χ1v) is 9.27. The Morgan fingerprint density at radius 1 is 1.35 bits per heavy atom. The number of rotatable bonds is 4. The zero-order valence-electron chi connectivity index (χ0n) is 14.2. The van der Waals surface area contributed by atoms with E-state index in [0.717, 1.165) is 10.6 Å². The third-order valence-corrected chi connectivity index (χ3v) is 6.10. The number of anilines is 1. The summed E-state index contributed by atoms with van der Waals surface area (Å²) >= 11 is 7.49. The van der Waals surface area contributed by atoms with Crippen molar-refractivity contribution in [3.63, 3.8) is 0 Å². The van der Waals surface area contributed by atoms with Crippen molar-refractivity contribution in [2.75, 3.05) is 12.0 Å². The molecular formula is C19H17ClFNO3S. The number of halogens is 2. The van der Waals surface area contributed by atoms with Gasteiger partial charge in [-0.25, -0.2) is 4.39 Å². The minimum Gasteiger partial charge on any atom is -0.469 e. The number of carbonyl (C=O) groups is 2. The number of esters is 1. The van der Waals surface area contributed by atoms with Crippen LogP contribution >= 0.6 is 23.4 Å². The molecule has 7 heteroatoms. The standard InChI is InChI=1S/C19H17ClFNO3S/c1-11(19(24)25-2)17-18(23)22(15-5-3-4-6-16(15)26-17)10-12-7-8-13(21)9-14(12)20/h3-9,11,17H,10H2,1-2H3/t11-,17-/m0/s1. The average Bonchev–Trinajstić information content (AvgIpc) is 2.64. The van der Waals surface area contributed by atoms with Crippen molar-refractivity contribution in [3.8, 4) is 0 Å². The van der Waals surface area contributed by atoms with Crippen LogP contribution in [0.5, 0.6) is 0 Å². The lowest BCUT2D eigenvalue weighted by molar-refractivity contribution is -0.146. The lowest BCUT2D eigenvalue weighted by Crippen LogP contribution is -2.45. The maximum atomic E-state index is 13.3. The molecule has 4 nitrogen and oxygen atoms in total. The Morgan fingerprint density at radius 3 is 2.77 bits per heavy atom. The van der Waals surface area contributed by atoms with Crippen molar-refractivity contribution < 1.29 is 18.7 Å². The Labute approximate surface area is 160 Å². The molecule has 0 unspecified atom stereocenters. The van der Waals surface area contributed by atoms with Gasteiger partial charge in [0.1, 0.15) is 11.1 Å². The monoisotopic (exact) mass is 393 g/mol. The number of hydrogen-bond donors (Lipinski definition) is 0. The van der Waals surface area contributed by atoms with Crippen molar-refractivity contribution in [3.05, 3.63) is 58.9 Å². The number of carbonyl (C=O) groups excluding carboxylic acids is 2. The molecule has 1 aliphatic rings. The predicted octanol–water partition coefficient (Wildman–Crippen LogP) is 4.30. The first-order valence-electron chi connectivity index (χ1n) is 8.01. The Bertz CT molecular complexity index is 860. The molecule has 0 aliphatic carbocycles. The number of ether oxygens (including phenoxy) is 1. The van der Waals surface area contributed by atoms with Crippen LogP contribution in [-0.4, -0.2) is 24.2 Å². The van der Waals surface area contributed by atoms with Crippen LogP contribution < -0.4 is 4.90 Å². The summed E-state index contributed by atoms with van der Waals surface area (Å²) in [7, 11) is 1.31. The molecule has 0 radical (unpaired) electrons. The summed E-state index contributed by atoms with van der Waals surface area (Å²) in [5.41, 5.74) is 1.38. The zero-order chi connectivity index (χ0) is 18.8. The molecule has 1 heterocycles. The minimum atomic E-state index is -0.600. The first kappa shape index (κ1) is 18.7. The fraction of sp³-hybridized carbons (Fsp3) is 0.263. The molecule has 2 aromatic rings. The summed E-state index contributed by atoms with van der Waals surface area (Å²) in [5.74, 6) is -1.67. The van der Waals surface area contributed by atoms with E-state index in [0.29, 0.717) is 5.56 Å². The van der Waals surface area contributed by atoms with Gasteiger partial charge in [-0.1, -0.05) is 36.7 Å². The van der Waals surface area contributed by atoms with Gasteiger partial charge in [-0.05, 0) is 29.8 Å². The van der Waals surface area contributed by atoms with Gasteiger partial charge in [0.25, 0.3) is 0 Å². The Kier molecular flexibility index (Phi) is 5.53. The Hall–Kier alpha value is -2.05. The quantitative estimate of drug-likeness (QED) is 0.727. The second kappa shape index (κ2) is 7.68. The summed E-state index contributed by atoms with van der Waals surface area (Å²) in [4.78, 5) is 27.6. The fourth-order valence-corrected chi connectivity index (χ4v) is 4.35. The van der Waals surface area contributed by atoms with Crippen LogP contribution in [0.25, 0.3) is 0 Å². The van der Waals surface area contributed by atoms with E-state index < -0.39 is 23.0 Å². The lowest BCUT2D eigenvalue weighted by atomic mass is 10.1. The number of amides is 1. The SMILES string of the molecule is COC(=O)[C@@H](C)[C@@H]1Sc2ccccc2N(Cc2ccc(F)cc2Cl)C1=O. The van der Waals surface area contributed by atoms with Gasteiger partial charge in [0.15, 0.2) is 0 Å². The molecule has 1 aliphatic heterocycles. The molecule has 26 heavy (non-hydrogen) atoms. The molecule has 2 aromatic carbocycles. The van der Waals surface area contributed by atoms with Crippen LogP contribution in [-0.2, 0) is 20.9 Å². The average molecular weight is 394 g/mol. The van der Waals surface area contributed by atoms with E-state index in [1.807, 2.05) is 24.3 Å². The highest BCUT2D eigenvalue weighted by molar-refractivity contribution is 8.01. The summed E-state index contributed by atoms with van der Waals surface area (Å²) in [6.07, 6.45) is 0. The van der Waals surface area contributed by atoms with Gasteiger partial charge in [-0.15, -0.1) is 11.8 Å². The number of para-hydroxylation sites is 1.